The highest BCUT2D eigenvalue weighted by Gasteiger charge is 2.40. The Kier molecular flexibility index (Phi) is 9.49. The molecule has 1 atom stereocenters. The number of thiazole rings is 1. The topological polar surface area (TPSA) is 133 Å². The highest BCUT2D eigenvalue weighted by atomic mass is 32.1. The standard InChI is InChI=1S/C31H33N3O9S/c1-7-41-20-8-9-26-22(15-20)32-30(44-26)33-28(35)17-42-27-14-18(10-11-31(27,39-5)40-6)23-16-21(34-43-23)19-12-24(36-2)29(38-4)25(13-19)37-3/h8-16,27H,7,17H2,1-6H3,(H,32,33,35). The van der Waals surface area contributed by atoms with Crippen LogP contribution < -0.4 is 24.3 Å². The average Bonchev–Trinajstić information content (AvgIpc) is 3.70. The molecule has 0 spiro atoms. The molecule has 0 radical (unpaired) electrons. The molecule has 232 valence electrons. The van der Waals surface area contributed by atoms with Crippen molar-refractivity contribution in [2.75, 3.05) is 54.1 Å². The highest BCUT2D eigenvalue weighted by molar-refractivity contribution is 7.22. The van der Waals surface area contributed by atoms with Gasteiger partial charge < -0.3 is 37.7 Å². The van der Waals surface area contributed by atoms with Crippen molar-refractivity contribution < 1.29 is 42.5 Å². The summed E-state index contributed by atoms with van der Waals surface area (Å²) in [6.07, 6.45) is 4.44. The van der Waals surface area contributed by atoms with Crippen molar-refractivity contribution in [3.05, 3.63) is 60.4 Å². The summed E-state index contributed by atoms with van der Waals surface area (Å²) in [5.41, 5.74) is 2.64. The van der Waals surface area contributed by atoms with Crippen LogP contribution in [0.15, 0.2) is 59.1 Å². The molecule has 1 aliphatic rings. The van der Waals surface area contributed by atoms with E-state index in [9.17, 15) is 4.79 Å². The molecule has 44 heavy (non-hydrogen) atoms. The van der Waals surface area contributed by atoms with Crippen LogP contribution >= 0.6 is 11.3 Å². The number of nitrogens with zero attached hydrogens (tertiary/aromatic N) is 2. The van der Waals surface area contributed by atoms with E-state index in [1.807, 2.05) is 25.1 Å². The Labute approximate surface area is 258 Å². The number of allylic oxidation sites excluding steroid dienone is 2. The lowest BCUT2D eigenvalue weighted by Crippen LogP contribution is -2.47. The van der Waals surface area contributed by atoms with E-state index < -0.39 is 11.9 Å². The van der Waals surface area contributed by atoms with Gasteiger partial charge in [-0.05, 0) is 49.4 Å². The Balaban J connectivity index is 1.33. The van der Waals surface area contributed by atoms with Gasteiger partial charge >= 0.3 is 0 Å². The van der Waals surface area contributed by atoms with E-state index in [2.05, 4.69) is 15.5 Å². The molecule has 0 aliphatic heterocycles. The summed E-state index contributed by atoms with van der Waals surface area (Å²) in [5.74, 6) is 0.973. The number of hydrogen-bond acceptors (Lipinski definition) is 12. The zero-order valence-electron chi connectivity index (χ0n) is 25.2. The molecule has 13 heteroatoms. The molecule has 12 nitrogen and oxygen atoms in total. The van der Waals surface area contributed by atoms with Crippen molar-refractivity contribution in [1.82, 2.24) is 10.1 Å². The molecule has 0 bridgehead atoms. The van der Waals surface area contributed by atoms with E-state index in [0.717, 1.165) is 16.0 Å². The first-order valence-corrected chi connectivity index (χ1v) is 14.4. The van der Waals surface area contributed by atoms with Crippen LogP contribution in [0.2, 0.25) is 0 Å². The number of ether oxygens (including phenoxy) is 7. The number of amides is 1. The van der Waals surface area contributed by atoms with Crippen LogP contribution in [-0.4, -0.2) is 76.7 Å². The predicted octanol–water partition coefficient (Wildman–Crippen LogP) is 5.34. The van der Waals surface area contributed by atoms with Gasteiger partial charge in [-0.25, -0.2) is 4.98 Å². The molecule has 1 aliphatic carbocycles. The quantitative estimate of drug-likeness (QED) is 0.194. The van der Waals surface area contributed by atoms with Gasteiger partial charge in [-0.2, -0.15) is 0 Å². The third-order valence-corrected chi connectivity index (χ3v) is 7.88. The maximum absolute atomic E-state index is 12.9. The maximum atomic E-state index is 12.9. The number of aromatic nitrogens is 2. The minimum atomic E-state index is -1.27. The smallest absolute Gasteiger partial charge is 0.252 e. The normalized spacial score (nSPS) is 15.6. The minimum absolute atomic E-state index is 0.288. The van der Waals surface area contributed by atoms with E-state index in [4.69, 9.17) is 37.7 Å². The van der Waals surface area contributed by atoms with Crippen LogP contribution in [0.3, 0.4) is 0 Å². The first-order valence-electron chi connectivity index (χ1n) is 13.6. The lowest BCUT2D eigenvalue weighted by molar-refractivity contribution is -0.225. The van der Waals surface area contributed by atoms with Crippen LogP contribution in [0.5, 0.6) is 23.0 Å². The number of fused-ring (bicyclic) bond motifs is 1. The second-order valence-electron chi connectivity index (χ2n) is 9.44. The molecule has 0 fully saturated rings. The number of methoxy groups -OCH3 is 5. The largest absolute Gasteiger partial charge is 0.494 e. The molecule has 1 unspecified atom stereocenters. The molecule has 4 aromatic rings. The monoisotopic (exact) mass is 623 g/mol. The number of anilines is 1. The minimum Gasteiger partial charge on any atom is -0.494 e. The molecule has 5 rings (SSSR count). The SMILES string of the molecule is CCOc1ccc2sc(NC(=O)COC3C=C(c4cc(-c5cc(OC)c(OC)c(OC)c5)no4)C=CC3(OC)OC)nc2c1. The molecular weight excluding hydrogens is 590 g/mol. The Morgan fingerprint density at radius 1 is 1.02 bits per heavy atom. The van der Waals surface area contributed by atoms with Crippen molar-refractivity contribution in [2.45, 2.75) is 18.8 Å². The van der Waals surface area contributed by atoms with Gasteiger partial charge in [-0.3, -0.25) is 10.1 Å². The van der Waals surface area contributed by atoms with Crippen LogP contribution in [-0.2, 0) is 19.0 Å². The number of rotatable bonds is 13. The summed E-state index contributed by atoms with van der Waals surface area (Å²) in [6, 6.07) is 11.0. The van der Waals surface area contributed by atoms with Crippen molar-refractivity contribution in [3.63, 3.8) is 0 Å². The fourth-order valence-corrected chi connectivity index (χ4v) is 5.59. The Hall–Kier alpha value is -4.43. The molecule has 1 amide bonds. The summed E-state index contributed by atoms with van der Waals surface area (Å²) < 4.78 is 45.9. The van der Waals surface area contributed by atoms with Gasteiger partial charge in [0.2, 0.25) is 11.5 Å². The number of hydrogen-bond donors (Lipinski definition) is 1. The summed E-state index contributed by atoms with van der Waals surface area (Å²) in [4.78, 5) is 17.4. The average molecular weight is 624 g/mol. The van der Waals surface area contributed by atoms with Crippen LogP contribution in [0.4, 0.5) is 5.13 Å². The van der Waals surface area contributed by atoms with Gasteiger partial charge in [0, 0.05) is 37.5 Å². The molecule has 2 aromatic heterocycles. The van der Waals surface area contributed by atoms with Gasteiger partial charge in [0.05, 0.1) is 38.2 Å². The number of carbonyl (C=O) groups excluding carboxylic acids is 1. The number of carbonyl (C=O) groups is 1. The first kappa shape index (κ1) is 31.0. The summed E-state index contributed by atoms with van der Waals surface area (Å²) >= 11 is 1.36. The van der Waals surface area contributed by atoms with Crippen LogP contribution in [0.25, 0.3) is 27.0 Å². The number of benzene rings is 2. The summed E-state index contributed by atoms with van der Waals surface area (Å²) in [5, 5.41) is 7.49. The maximum Gasteiger partial charge on any atom is 0.252 e. The third kappa shape index (κ3) is 6.26. The Morgan fingerprint density at radius 2 is 1.77 bits per heavy atom. The molecule has 0 saturated heterocycles. The molecule has 2 heterocycles. The summed E-state index contributed by atoms with van der Waals surface area (Å²) in [7, 11) is 7.62. The zero-order valence-corrected chi connectivity index (χ0v) is 26.0. The Bertz CT molecular complexity index is 1660. The zero-order chi connectivity index (χ0) is 31.3. The van der Waals surface area contributed by atoms with Crippen LogP contribution in [0.1, 0.15) is 12.7 Å². The van der Waals surface area contributed by atoms with E-state index in [-0.39, 0.29) is 12.5 Å². The van der Waals surface area contributed by atoms with Crippen molar-refractivity contribution in [1.29, 1.82) is 0 Å². The van der Waals surface area contributed by atoms with Gasteiger partial charge in [0.15, 0.2) is 22.4 Å². The second kappa shape index (κ2) is 13.5. The van der Waals surface area contributed by atoms with E-state index in [1.165, 1.54) is 32.7 Å². The van der Waals surface area contributed by atoms with E-state index in [1.54, 1.807) is 50.6 Å². The van der Waals surface area contributed by atoms with Gasteiger partial charge in [-0.15, -0.1) is 0 Å². The lowest BCUT2D eigenvalue weighted by Gasteiger charge is -2.36. The van der Waals surface area contributed by atoms with Gasteiger partial charge in [0.25, 0.3) is 5.91 Å². The van der Waals surface area contributed by atoms with Crippen LogP contribution in [0, 0.1) is 0 Å². The molecule has 0 saturated carbocycles. The van der Waals surface area contributed by atoms with E-state index in [0.29, 0.717) is 51.6 Å². The van der Waals surface area contributed by atoms with Gasteiger partial charge in [0.1, 0.15) is 24.2 Å². The fraction of sp³-hybridized carbons (Fsp3) is 0.323. The second-order valence-corrected chi connectivity index (χ2v) is 10.5. The number of nitrogens with one attached hydrogen (secondary N) is 1. The first-order chi connectivity index (χ1) is 21.4. The molecule has 2 aromatic carbocycles. The third-order valence-electron chi connectivity index (χ3n) is 6.93. The lowest BCUT2D eigenvalue weighted by atomic mass is 9.96. The van der Waals surface area contributed by atoms with E-state index >= 15 is 0 Å². The Morgan fingerprint density at radius 3 is 2.43 bits per heavy atom. The predicted molar refractivity (Wildman–Crippen MR) is 165 cm³/mol. The molecule has 1 N–H and O–H groups in total. The molecular formula is C31H33N3O9S. The summed E-state index contributed by atoms with van der Waals surface area (Å²) in [6.45, 7) is 2.18. The van der Waals surface area contributed by atoms with Gasteiger partial charge in [-0.1, -0.05) is 16.5 Å². The van der Waals surface area contributed by atoms with Crippen molar-refractivity contribution in [3.8, 4) is 34.3 Å². The van der Waals surface area contributed by atoms with Crippen molar-refractivity contribution >= 4 is 38.2 Å². The van der Waals surface area contributed by atoms with Crippen molar-refractivity contribution in [2.24, 2.45) is 0 Å². The fourth-order valence-electron chi connectivity index (χ4n) is 4.73. The highest BCUT2D eigenvalue weighted by Crippen LogP contribution is 2.41.